The lowest BCUT2D eigenvalue weighted by Gasteiger charge is -2.30. The van der Waals surface area contributed by atoms with Crippen molar-refractivity contribution in [1.82, 2.24) is 9.03 Å². The Morgan fingerprint density at radius 2 is 1.94 bits per heavy atom. The van der Waals surface area contributed by atoms with Gasteiger partial charge in [-0.1, -0.05) is 19.3 Å². The van der Waals surface area contributed by atoms with Crippen molar-refractivity contribution in [2.75, 3.05) is 13.6 Å². The molecule has 1 atom stereocenters. The molecule has 5 nitrogen and oxygen atoms in total. The summed E-state index contributed by atoms with van der Waals surface area (Å²) in [4.78, 5) is 0. The van der Waals surface area contributed by atoms with Gasteiger partial charge >= 0.3 is 0 Å². The summed E-state index contributed by atoms with van der Waals surface area (Å²) in [6.07, 6.45) is 6.10. The highest BCUT2D eigenvalue weighted by atomic mass is 32.2. The van der Waals surface area contributed by atoms with E-state index in [0.29, 0.717) is 13.0 Å². The lowest BCUT2D eigenvalue weighted by molar-refractivity contribution is 0.283. The normalized spacial score (nSPS) is 20.7. The van der Waals surface area contributed by atoms with Gasteiger partial charge in [0.25, 0.3) is 10.2 Å². The molecule has 0 aromatic carbocycles. The van der Waals surface area contributed by atoms with Gasteiger partial charge in [-0.3, -0.25) is 0 Å². The van der Waals surface area contributed by atoms with Crippen LogP contribution in [0.4, 0.5) is 0 Å². The molecule has 0 aromatic rings. The molecule has 102 valence electrons. The molecule has 1 fully saturated rings. The van der Waals surface area contributed by atoms with Crippen LogP contribution in [0.5, 0.6) is 0 Å². The molecule has 1 aliphatic rings. The Hall–Kier alpha value is -0.170. The van der Waals surface area contributed by atoms with Crippen LogP contribution in [-0.2, 0) is 10.2 Å². The third kappa shape index (κ3) is 4.91. The summed E-state index contributed by atoms with van der Waals surface area (Å²) in [5.41, 5.74) is 5.59. The summed E-state index contributed by atoms with van der Waals surface area (Å²) in [7, 11) is -1.66. The molecule has 1 unspecified atom stereocenters. The second kappa shape index (κ2) is 6.68. The first kappa shape index (κ1) is 14.9. The van der Waals surface area contributed by atoms with Crippen molar-refractivity contribution in [3.63, 3.8) is 0 Å². The second-order valence-corrected chi connectivity index (χ2v) is 6.79. The summed E-state index contributed by atoms with van der Waals surface area (Å²) in [6.45, 7) is 2.29. The van der Waals surface area contributed by atoms with Crippen molar-refractivity contribution in [3.8, 4) is 0 Å². The van der Waals surface area contributed by atoms with E-state index in [1.165, 1.54) is 10.7 Å². The Bertz CT molecular complexity index is 311. The number of rotatable bonds is 6. The molecule has 6 heteroatoms. The molecule has 0 heterocycles. The molecule has 0 aliphatic heterocycles. The Morgan fingerprint density at radius 3 is 2.47 bits per heavy atom. The number of nitrogens with two attached hydrogens (primary N) is 1. The number of hydrogen-bond donors (Lipinski definition) is 2. The Labute approximate surface area is 105 Å². The third-order valence-corrected chi connectivity index (χ3v) is 4.98. The lowest BCUT2D eigenvalue weighted by atomic mass is 9.96. The molecule has 0 saturated heterocycles. The molecule has 0 amide bonds. The van der Waals surface area contributed by atoms with Crippen LogP contribution in [0.2, 0.25) is 0 Å². The maximum Gasteiger partial charge on any atom is 0.279 e. The van der Waals surface area contributed by atoms with E-state index < -0.39 is 10.2 Å². The number of nitrogens with one attached hydrogen (secondary N) is 1. The molecule has 1 rings (SSSR count). The summed E-state index contributed by atoms with van der Waals surface area (Å²) < 4.78 is 28.1. The van der Waals surface area contributed by atoms with E-state index in [1.54, 1.807) is 7.05 Å². The van der Waals surface area contributed by atoms with Crippen LogP contribution < -0.4 is 10.5 Å². The average Bonchev–Trinajstić information content (AvgIpc) is 2.28. The predicted octanol–water partition coefficient (Wildman–Crippen LogP) is 0.823. The SMILES string of the molecule is CC(N)CCNS(=O)(=O)N(C)C1CCCCC1. The van der Waals surface area contributed by atoms with E-state index in [2.05, 4.69) is 4.72 Å². The van der Waals surface area contributed by atoms with Gasteiger partial charge in [-0.15, -0.1) is 0 Å². The van der Waals surface area contributed by atoms with Crippen molar-refractivity contribution in [1.29, 1.82) is 0 Å². The van der Waals surface area contributed by atoms with Crippen molar-refractivity contribution < 1.29 is 8.42 Å². The van der Waals surface area contributed by atoms with Crippen LogP contribution in [-0.4, -0.2) is 38.4 Å². The molecule has 1 aliphatic carbocycles. The van der Waals surface area contributed by atoms with Crippen LogP contribution in [0.3, 0.4) is 0 Å². The quantitative estimate of drug-likeness (QED) is 0.745. The van der Waals surface area contributed by atoms with E-state index in [9.17, 15) is 8.42 Å². The summed E-state index contributed by atoms with van der Waals surface area (Å²) in [6, 6.07) is 0.189. The Kier molecular flexibility index (Phi) is 5.85. The van der Waals surface area contributed by atoms with Gasteiger partial charge in [-0.25, -0.2) is 4.72 Å². The maximum absolute atomic E-state index is 12.0. The van der Waals surface area contributed by atoms with Crippen molar-refractivity contribution in [2.24, 2.45) is 5.73 Å². The molecular formula is C11H25N3O2S. The minimum atomic E-state index is -3.33. The highest BCUT2D eigenvalue weighted by molar-refractivity contribution is 7.87. The van der Waals surface area contributed by atoms with Gasteiger partial charge in [0, 0.05) is 25.7 Å². The molecule has 0 aromatic heterocycles. The molecule has 17 heavy (non-hydrogen) atoms. The first-order valence-electron chi connectivity index (χ1n) is 6.41. The van der Waals surface area contributed by atoms with Gasteiger partial charge in [0.15, 0.2) is 0 Å². The monoisotopic (exact) mass is 263 g/mol. The van der Waals surface area contributed by atoms with E-state index in [1.807, 2.05) is 6.92 Å². The van der Waals surface area contributed by atoms with Crippen LogP contribution in [0.25, 0.3) is 0 Å². The number of hydrogen-bond acceptors (Lipinski definition) is 3. The summed E-state index contributed by atoms with van der Waals surface area (Å²) in [5.74, 6) is 0. The minimum Gasteiger partial charge on any atom is -0.328 e. The zero-order chi connectivity index (χ0) is 12.9. The van der Waals surface area contributed by atoms with Gasteiger partial charge in [0.2, 0.25) is 0 Å². The third-order valence-electron chi connectivity index (χ3n) is 3.35. The minimum absolute atomic E-state index is 0.0256. The highest BCUT2D eigenvalue weighted by Crippen LogP contribution is 2.22. The van der Waals surface area contributed by atoms with Gasteiger partial charge in [0.05, 0.1) is 0 Å². The zero-order valence-electron chi connectivity index (χ0n) is 10.9. The Morgan fingerprint density at radius 1 is 1.35 bits per heavy atom. The Balaban J connectivity index is 2.44. The fourth-order valence-electron chi connectivity index (χ4n) is 2.16. The van der Waals surface area contributed by atoms with Crippen LogP contribution in [0.1, 0.15) is 45.4 Å². The van der Waals surface area contributed by atoms with Gasteiger partial charge in [-0.05, 0) is 26.2 Å². The van der Waals surface area contributed by atoms with Crippen LogP contribution >= 0.6 is 0 Å². The summed E-state index contributed by atoms with van der Waals surface area (Å²) in [5, 5.41) is 0. The van der Waals surface area contributed by atoms with Crippen molar-refractivity contribution >= 4 is 10.2 Å². The fourth-order valence-corrected chi connectivity index (χ4v) is 3.34. The standard InChI is InChI=1S/C11H25N3O2S/c1-10(12)8-9-13-17(15,16)14(2)11-6-4-3-5-7-11/h10-11,13H,3-9,12H2,1-2H3. The molecular weight excluding hydrogens is 238 g/mol. The highest BCUT2D eigenvalue weighted by Gasteiger charge is 2.26. The number of nitrogens with zero attached hydrogens (tertiary/aromatic N) is 1. The van der Waals surface area contributed by atoms with E-state index in [0.717, 1.165) is 25.7 Å². The van der Waals surface area contributed by atoms with Crippen molar-refractivity contribution in [2.45, 2.75) is 57.5 Å². The molecule has 0 bridgehead atoms. The fraction of sp³-hybridized carbons (Fsp3) is 1.00. The molecule has 0 radical (unpaired) electrons. The zero-order valence-corrected chi connectivity index (χ0v) is 11.7. The smallest absolute Gasteiger partial charge is 0.279 e. The first-order valence-corrected chi connectivity index (χ1v) is 7.85. The topological polar surface area (TPSA) is 75.4 Å². The van der Waals surface area contributed by atoms with Crippen LogP contribution in [0, 0.1) is 0 Å². The molecule has 0 spiro atoms. The lowest BCUT2D eigenvalue weighted by Crippen LogP contribution is -2.45. The van der Waals surface area contributed by atoms with Crippen molar-refractivity contribution in [3.05, 3.63) is 0 Å². The molecule has 3 N–H and O–H groups in total. The van der Waals surface area contributed by atoms with Crippen LogP contribution in [0.15, 0.2) is 0 Å². The average molecular weight is 263 g/mol. The van der Waals surface area contributed by atoms with Gasteiger partial charge in [0.1, 0.15) is 0 Å². The first-order chi connectivity index (χ1) is 7.93. The summed E-state index contributed by atoms with van der Waals surface area (Å²) >= 11 is 0. The van der Waals surface area contributed by atoms with E-state index >= 15 is 0 Å². The predicted molar refractivity (Wildman–Crippen MR) is 69.8 cm³/mol. The maximum atomic E-state index is 12.0. The van der Waals surface area contributed by atoms with Gasteiger partial charge < -0.3 is 5.73 Å². The molecule has 1 saturated carbocycles. The van der Waals surface area contributed by atoms with E-state index in [-0.39, 0.29) is 12.1 Å². The van der Waals surface area contributed by atoms with Gasteiger partial charge in [-0.2, -0.15) is 12.7 Å². The largest absolute Gasteiger partial charge is 0.328 e. The van der Waals surface area contributed by atoms with E-state index in [4.69, 9.17) is 5.73 Å². The second-order valence-electron chi connectivity index (χ2n) is 4.97.